The minimum Gasteiger partial charge on any atom is -0.461 e. The SMILES string of the molecule is C=CC(C)(C)[C@@H](O)[C@H](CC)[C@]12CCC(=O)[C@@]1(C)[C@](C)([C@@H](C)OC(=O)CSc1nc(-c3ccncc3)cs1)[C@H](C)CC2. The number of hydrogen-bond acceptors (Lipinski definition) is 8. The summed E-state index contributed by atoms with van der Waals surface area (Å²) in [7, 11) is 0. The third-order valence-electron chi connectivity index (χ3n) is 11.2. The van der Waals surface area contributed by atoms with E-state index in [1.54, 1.807) is 12.4 Å². The van der Waals surface area contributed by atoms with Gasteiger partial charge in [-0.2, -0.15) is 0 Å². The molecule has 2 saturated carbocycles. The van der Waals surface area contributed by atoms with E-state index in [9.17, 15) is 14.7 Å². The molecule has 6 nitrogen and oxygen atoms in total. The number of hydrogen-bond donors (Lipinski definition) is 1. The number of thioether (sulfide) groups is 1. The number of nitrogens with zero attached hydrogens (tertiary/aromatic N) is 2. The Morgan fingerprint density at radius 1 is 1.32 bits per heavy atom. The number of aromatic nitrogens is 2. The normalized spacial score (nSPS) is 30.3. The molecule has 2 aliphatic rings. The first-order valence-corrected chi connectivity index (χ1v) is 16.7. The summed E-state index contributed by atoms with van der Waals surface area (Å²) in [6.07, 6.45) is 8.04. The molecule has 224 valence electrons. The molecule has 2 aromatic heterocycles. The van der Waals surface area contributed by atoms with E-state index in [0.717, 1.165) is 41.3 Å². The van der Waals surface area contributed by atoms with Crippen molar-refractivity contribution < 1.29 is 19.4 Å². The fraction of sp³-hybridized carbons (Fsp3) is 0.636. The molecule has 0 aromatic carbocycles. The number of Topliss-reactive ketones (excluding diaryl/α,β-unsaturated/α-hetero) is 1. The molecule has 0 bridgehead atoms. The molecule has 0 spiro atoms. The summed E-state index contributed by atoms with van der Waals surface area (Å²) in [5.41, 5.74) is -0.327. The molecule has 41 heavy (non-hydrogen) atoms. The van der Waals surface area contributed by atoms with Crippen LogP contribution < -0.4 is 0 Å². The largest absolute Gasteiger partial charge is 0.461 e. The summed E-state index contributed by atoms with van der Waals surface area (Å²) in [4.78, 5) is 36.0. The average Bonchev–Trinajstić information content (AvgIpc) is 3.54. The number of fused-ring (bicyclic) bond motifs is 1. The van der Waals surface area contributed by atoms with Gasteiger partial charge in [0, 0.05) is 46.0 Å². The van der Waals surface area contributed by atoms with E-state index in [1.807, 2.05) is 44.4 Å². The number of carbonyl (C=O) groups is 2. The molecular weight excluding hydrogens is 553 g/mol. The predicted octanol–water partition coefficient (Wildman–Crippen LogP) is 7.62. The van der Waals surface area contributed by atoms with Crippen molar-refractivity contribution in [3.8, 4) is 11.3 Å². The molecule has 4 rings (SSSR count). The smallest absolute Gasteiger partial charge is 0.316 e. The first kappa shape index (κ1) is 31.9. The van der Waals surface area contributed by atoms with Gasteiger partial charge in [0.05, 0.1) is 17.6 Å². The zero-order chi connectivity index (χ0) is 30.2. The lowest BCUT2D eigenvalue weighted by atomic mass is 9.39. The first-order chi connectivity index (χ1) is 19.3. The van der Waals surface area contributed by atoms with Gasteiger partial charge in [0.25, 0.3) is 0 Å². The Morgan fingerprint density at radius 3 is 2.63 bits per heavy atom. The van der Waals surface area contributed by atoms with E-state index in [-0.39, 0.29) is 34.8 Å². The van der Waals surface area contributed by atoms with Gasteiger partial charge in [-0.15, -0.1) is 17.9 Å². The number of aliphatic hydroxyl groups is 1. The number of carbonyl (C=O) groups excluding carboxylic acids is 2. The van der Waals surface area contributed by atoms with Crippen molar-refractivity contribution in [1.82, 2.24) is 9.97 Å². The van der Waals surface area contributed by atoms with Crippen LogP contribution in [0.4, 0.5) is 0 Å². The number of thiazole rings is 1. The molecule has 0 unspecified atom stereocenters. The Balaban J connectivity index is 1.56. The summed E-state index contributed by atoms with van der Waals surface area (Å²) >= 11 is 2.88. The molecule has 2 fully saturated rings. The number of ether oxygens (including phenoxy) is 1. The summed E-state index contributed by atoms with van der Waals surface area (Å²) in [6.45, 7) is 18.6. The van der Waals surface area contributed by atoms with Crippen LogP contribution in [0, 0.1) is 33.5 Å². The molecule has 0 radical (unpaired) electrons. The Hall–Kier alpha value is -2.03. The topological polar surface area (TPSA) is 89.4 Å². The molecule has 0 amide bonds. The van der Waals surface area contributed by atoms with Crippen LogP contribution in [0.5, 0.6) is 0 Å². The molecule has 7 atom stereocenters. The number of rotatable bonds is 11. The Morgan fingerprint density at radius 2 is 2.00 bits per heavy atom. The minimum atomic E-state index is -0.738. The van der Waals surface area contributed by atoms with E-state index in [0.29, 0.717) is 6.42 Å². The van der Waals surface area contributed by atoms with Gasteiger partial charge in [-0.25, -0.2) is 4.98 Å². The van der Waals surface area contributed by atoms with Gasteiger partial charge in [-0.05, 0) is 55.6 Å². The van der Waals surface area contributed by atoms with Crippen LogP contribution in [0.15, 0.2) is 46.9 Å². The molecule has 2 aromatic rings. The van der Waals surface area contributed by atoms with Crippen LogP contribution >= 0.6 is 23.1 Å². The van der Waals surface area contributed by atoms with Crippen molar-refractivity contribution in [3.05, 3.63) is 42.6 Å². The van der Waals surface area contributed by atoms with Crippen LogP contribution in [0.1, 0.15) is 80.6 Å². The lowest BCUT2D eigenvalue weighted by Crippen LogP contribution is -2.65. The summed E-state index contributed by atoms with van der Waals surface area (Å²) in [6, 6.07) is 3.83. The molecule has 0 aliphatic heterocycles. The highest BCUT2D eigenvalue weighted by molar-refractivity contribution is 8.01. The maximum atomic E-state index is 14.0. The molecular formula is C33H46N2O4S2. The minimum absolute atomic E-state index is 0.0725. The van der Waals surface area contributed by atoms with Gasteiger partial charge in [0.1, 0.15) is 11.9 Å². The quantitative estimate of drug-likeness (QED) is 0.162. The van der Waals surface area contributed by atoms with E-state index in [4.69, 9.17) is 4.74 Å². The molecule has 0 saturated heterocycles. The lowest BCUT2D eigenvalue weighted by Gasteiger charge is -2.64. The summed E-state index contributed by atoms with van der Waals surface area (Å²) in [5.74, 6) is 0.176. The van der Waals surface area contributed by atoms with Crippen molar-refractivity contribution in [2.75, 3.05) is 5.75 Å². The molecule has 2 heterocycles. The first-order valence-electron chi connectivity index (χ1n) is 14.8. The van der Waals surface area contributed by atoms with E-state index in [2.05, 4.69) is 44.2 Å². The predicted molar refractivity (Wildman–Crippen MR) is 167 cm³/mol. The fourth-order valence-electron chi connectivity index (χ4n) is 8.15. The number of aliphatic hydroxyl groups excluding tert-OH is 1. The van der Waals surface area contributed by atoms with Crippen LogP contribution in [0.25, 0.3) is 11.3 Å². The monoisotopic (exact) mass is 598 g/mol. The van der Waals surface area contributed by atoms with Crippen molar-refractivity contribution in [3.63, 3.8) is 0 Å². The highest BCUT2D eigenvalue weighted by atomic mass is 32.2. The van der Waals surface area contributed by atoms with Crippen LogP contribution in [0.3, 0.4) is 0 Å². The van der Waals surface area contributed by atoms with Crippen LogP contribution in [-0.2, 0) is 14.3 Å². The molecule has 2 aliphatic carbocycles. The number of ketones is 1. The highest BCUT2D eigenvalue weighted by Gasteiger charge is 2.72. The standard InChI is InChI=1S/C33H46N2O4S2/c1-9-24(28(38)30(5,6)10-2)33-15-11-21(3)31(7,32(33,8)26(36)12-16-33)22(4)39-27(37)20-41-29-35-25(19-40-29)23-13-17-34-18-14-23/h10,13-14,17-19,21-22,24,28,38H,2,9,11-12,15-16,20H2,1,3-8H3/t21-,22-,24+,28+,31+,32+,33+/m1/s1. The van der Waals surface area contributed by atoms with Crippen LogP contribution in [0.2, 0.25) is 0 Å². The maximum absolute atomic E-state index is 14.0. The Kier molecular flexibility index (Phi) is 9.28. The van der Waals surface area contributed by atoms with Crippen molar-refractivity contribution >= 4 is 34.9 Å². The third-order valence-corrected chi connectivity index (χ3v) is 13.2. The molecule has 1 N–H and O–H groups in total. The zero-order valence-electron chi connectivity index (χ0n) is 25.6. The van der Waals surface area contributed by atoms with Crippen molar-refractivity contribution in [1.29, 1.82) is 0 Å². The second-order valence-corrected chi connectivity index (χ2v) is 15.1. The lowest BCUT2D eigenvalue weighted by molar-refractivity contribution is -0.215. The van der Waals surface area contributed by atoms with Gasteiger partial charge >= 0.3 is 5.97 Å². The second-order valence-electron chi connectivity index (χ2n) is 13.1. The fourth-order valence-corrected chi connectivity index (χ4v) is 9.77. The van der Waals surface area contributed by atoms with Crippen LogP contribution in [-0.4, -0.2) is 44.8 Å². The van der Waals surface area contributed by atoms with Crippen molar-refractivity contribution in [2.24, 2.45) is 33.5 Å². The van der Waals surface area contributed by atoms with Gasteiger partial charge < -0.3 is 9.84 Å². The van der Waals surface area contributed by atoms with Gasteiger partial charge in [-0.3, -0.25) is 14.6 Å². The average molecular weight is 599 g/mol. The van der Waals surface area contributed by atoms with Gasteiger partial charge in [-0.1, -0.05) is 65.8 Å². The summed E-state index contributed by atoms with van der Waals surface area (Å²) in [5, 5.41) is 13.7. The zero-order valence-corrected chi connectivity index (χ0v) is 27.2. The van der Waals surface area contributed by atoms with Gasteiger partial charge in [0.2, 0.25) is 0 Å². The Labute approximate surface area is 253 Å². The van der Waals surface area contributed by atoms with E-state index < -0.39 is 28.5 Å². The Bertz CT molecular complexity index is 1260. The summed E-state index contributed by atoms with van der Waals surface area (Å²) < 4.78 is 6.99. The second kappa shape index (κ2) is 11.9. The number of pyridine rings is 1. The molecule has 8 heteroatoms. The van der Waals surface area contributed by atoms with Gasteiger partial charge in [0.15, 0.2) is 4.34 Å². The third kappa shape index (κ3) is 5.22. The van der Waals surface area contributed by atoms with E-state index >= 15 is 0 Å². The van der Waals surface area contributed by atoms with E-state index in [1.165, 1.54) is 23.1 Å². The maximum Gasteiger partial charge on any atom is 0.316 e. The highest BCUT2D eigenvalue weighted by Crippen LogP contribution is 2.72. The number of esters is 1. The van der Waals surface area contributed by atoms with Crippen molar-refractivity contribution in [2.45, 2.75) is 97.1 Å².